The molecule has 0 bridgehead atoms. The Morgan fingerprint density at radius 1 is 1.29 bits per heavy atom. The van der Waals surface area contributed by atoms with Crippen molar-refractivity contribution in [1.29, 1.82) is 0 Å². The number of hydrogen-bond donors (Lipinski definition) is 1. The Labute approximate surface area is 132 Å². The quantitative estimate of drug-likeness (QED) is 0.925. The third-order valence-corrected chi connectivity index (χ3v) is 4.46. The van der Waals surface area contributed by atoms with Gasteiger partial charge in [0.05, 0.1) is 6.04 Å². The second-order valence-corrected chi connectivity index (χ2v) is 6.86. The van der Waals surface area contributed by atoms with Crippen molar-refractivity contribution in [2.24, 2.45) is 11.8 Å². The molecule has 21 heavy (non-hydrogen) atoms. The van der Waals surface area contributed by atoms with Crippen LogP contribution in [0.15, 0.2) is 24.3 Å². The van der Waals surface area contributed by atoms with E-state index < -0.39 is 0 Å². The van der Waals surface area contributed by atoms with E-state index in [1.54, 1.807) is 0 Å². The first-order valence-corrected chi connectivity index (χ1v) is 8.09. The van der Waals surface area contributed by atoms with Crippen LogP contribution in [0, 0.1) is 11.8 Å². The fraction of sp³-hybridized carbons (Fsp3) is 0.588. The molecule has 116 valence electrons. The van der Waals surface area contributed by atoms with Crippen LogP contribution < -0.4 is 5.32 Å². The van der Waals surface area contributed by atoms with Gasteiger partial charge >= 0.3 is 0 Å². The lowest BCUT2D eigenvalue weighted by Crippen LogP contribution is -2.50. The first-order valence-electron chi connectivity index (χ1n) is 7.72. The summed E-state index contributed by atoms with van der Waals surface area (Å²) < 4.78 is 0. The van der Waals surface area contributed by atoms with Gasteiger partial charge in [0.2, 0.25) is 5.91 Å². The van der Waals surface area contributed by atoms with Gasteiger partial charge in [-0.1, -0.05) is 37.6 Å². The number of likely N-dealkylation sites (tertiary alicyclic amines) is 1. The highest BCUT2D eigenvalue weighted by Gasteiger charge is 2.28. The smallest absolute Gasteiger partial charge is 0.237 e. The molecule has 3 atom stereocenters. The van der Waals surface area contributed by atoms with E-state index in [0.717, 1.165) is 23.7 Å². The third-order valence-electron chi connectivity index (χ3n) is 4.20. The lowest BCUT2D eigenvalue weighted by Gasteiger charge is -2.38. The van der Waals surface area contributed by atoms with Gasteiger partial charge < -0.3 is 5.32 Å². The van der Waals surface area contributed by atoms with Crippen molar-refractivity contribution >= 4 is 17.5 Å². The van der Waals surface area contributed by atoms with Crippen LogP contribution in [-0.2, 0) is 11.3 Å². The zero-order valence-corrected chi connectivity index (χ0v) is 13.9. The van der Waals surface area contributed by atoms with Gasteiger partial charge in [0, 0.05) is 24.7 Å². The number of hydrogen-bond acceptors (Lipinski definition) is 2. The van der Waals surface area contributed by atoms with Crippen LogP contribution in [0.1, 0.15) is 32.8 Å². The normalized spacial score (nSPS) is 24.6. The summed E-state index contributed by atoms with van der Waals surface area (Å²) in [5.41, 5.74) is 1.07. The summed E-state index contributed by atoms with van der Waals surface area (Å²) in [6.45, 7) is 9.11. The Bertz CT molecular complexity index is 464. The average molecular weight is 309 g/mol. The minimum Gasteiger partial charge on any atom is -0.351 e. The van der Waals surface area contributed by atoms with Crippen LogP contribution in [0.4, 0.5) is 0 Å². The number of rotatable bonds is 4. The Morgan fingerprint density at radius 2 is 1.86 bits per heavy atom. The predicted molar refractivity (Wildman–Crippen MR) is 87.3 cm³/mol. The second-order valence-electron chi connectivity index (χ2n) is 6.42. The molecular formula is C17H25ClN2O. The Morgan fingerprint density at radius 3 is 2.43 bits per heavy atom. The number of nitrogens with zero attached hydrogens (tertiary/aromatic N) is 1. The van der Waals surface area contributed by atoms with Gasteiger partial charge in [-0.05, 0) is 42.9 Å². The number of carbonyl (C=O) groups is 1. The topological polar surface area (TPSA) is 32.3 Å². The maximum absolute atomic E-state index is 12.3. The summed E-state index contributed by atoms with van der Waals surface area (Å²) >= 11 is 5.86. The largest absolute Gasteiger partial charge is 0.351 e. The maximum Gasteiger partial charge on any atom is 0.237 e. The first kappa shape index (κ1) is 16.3. The molecule has 0 saturated carbocycles. The predicted octanol–water partition coefficient (Wildman–Crippen LogP) is 3.32. The second kappa shape index (κ2) is 7.28. The molecular weight excluding hydrogens is 284 g/mol. The van der Waals surface area contributed by atoms with Crippen molar-refractivity contribution in [3.05, 3.63) is 34.9 Å². The molecule has 0 aliphatic carbocycles. The highest BCUT2D eigenvalue weighted by Crippen LogP contribution is 2.22. The summed E-state index contributed by atoms with van der Waals surface area (Å²) in [6, 6.07) is 7.51. The lowest BCUT2D eigenvalue weighted by atomic mass is 9.91. The molecule has 3 nitrogen and oxygen atoms in total. The maximum atomic E-state index is 12.3. The van der Waals surface area contributed by atoms with E-state index in [0.29, 0.717) is 18.4 Å². The van der Waals surface area contributed by atoms with Crippen LogP contribution in [-0.4, -0.2) is 29.9 Å². The van der Waals surface area contributed by atoms with Gasteiger partial charge in [0.15, 0.2) is 0 Å². The van der Waals surface area contributed by atoms with Crippen LogP contribution in [0.2, 0.25) is 5.02 Å². The molecule has 1 N–H and O–H groups in total. The molecule has 1 heterocycles. The number of nitrogens with one attached hydrogen (secondary N) is 1. The van der Waals surface area contributed by atoms with Gasteiger partial charge in [0.25, 0.3) is 0 Å². The van der Waals surface area contributed by atoms with Gasteiger partial charge in [0.1, 0.15) is 0 Å². The van der Waals surface area contributed by atoms with Gasteiger partial charge in [-0.15, -0.1) is 0 Å². The van der Waals surface area contributed by atoms with Crippen molar-refractivity contribution < 1.29 is 4.79 Å². The molecule has 1 aromatic carbocycles. The minimum atomic E-state index is -0.0671. The summed E-state index contributed by atoms with van der Waals surface area (Å²) in [6.07, 6.45) is 1.26. The van der Waals surface area contributed by atoms with E-state index in [4.69, 9.17) is 11.6 Å². The molecule has 3 unspecified atom stereocenters. The molecule has 1 aliphatic heterocycles. The van der Waals surface area contributed by atoms with Crippen LogP contribution in [0.3, 0.4) is 0 Å². The average Bonchev–Trinajstić information content (AvgIpc) is 2.44. The molecule has 1 amide bonds. The molecule has 1 saturated heterocycles. The summed E-state index contributed by atoms with van der Waals surface area (Å²) in [7, 11) is 0. The van der Waals surface area contributed by atoms with Crippen LogP contribution in [0.25, 0.3) is 0 Å². The molecule has 1 fully saturated rings. The SMILES string of the molecule is CC1CC(C)CN(C(C)C(=O)NCc2ccc(Cl)cc2)C1. The first-order chi connectivity index (χ1) is 9.95. The number of amides is 1. The van der Waals surface area contributed by atoms with Gasteiger partial charge in [-0.3, -0.25) is 9.69 Å². The van der Waals surface area contributed by atoms with E-state index in [1.807, 2.05) is 31.2 Å². The molecule has 0 spiro atoms. The van der Waals surface area contributed by atoms with Crippen molar-refractivity contribution in [2.75, 3.05) is 13.1 Å². The van der Waals surface area contributed by atoms with Crippen molar-refractivity contribution in [3.63, 3.8) is 0 Å². The van der Waals surface area contributed by atoms with E-state index in [2.05, 4.69) is 24.1 Å². The molecule has 4 heteroatoms. The van der Waals surface area contributed by atoms with Gasteiger partial charge in [-0.25, -0.2) is 0 Å². The van der Waals surface area contributed by atoms with Crippen molar-refractivity contribution in [1.82, 2.24) is 10.2 Å². The van der Waals surface area contributed by atoms with Crippen LogP contribution in [0.5, 0.6) is 0 Å². The molecule has 1 aromatic rings. The van der Waals surface area contributed by atoms with E-state index in [-0.39, 0.29) is 11.9 Å². The highest BCUT2D eigenvalue weighted by molar-refractivity contribution is 6.30. The Kier molecular flexibility index (Phi) is 5.65. The summed E-state index contributed by atoms with van der Waals surface area (Å²) in [5.74, 6) is 1.44. The summed E-state index contributed by atoms with van der Waals surface area (Å²) in [4.78, 5) is 14.6. The number of carbonyl (C=O) groups excluding carboxylic acids is 1. The minimum absolute atomic E-state index is 0.0671. The van der Waals surface area contributed by atoms with E-state index in [9.17, 15) is 4.79 Å². The molecule has 2 rings (SSSR count). The standard InChI is InChI=1S/C17H25ClN2O/c1-12-8-13(2)11-20(10-12)14(3)17(21)19-9-15-4-6-16(18)7-5-15/h4-7,12-14H,8-11H2,1-3H3,(H,19,21). The number of halogens is 1. The van der Waals surface area contributed by atoms with Crippen LogP contribution >= 0.6 is 11.6 Å². The summed E-state index contributed by atoms with van der Waals surface area (Å²) in [5, 5.41) is 3.74. The monoisotopic (exact) mass is 308 g/mol. The zero-order valence-electron chi connectivity index (χ0n) is 13.1. The molecule has 0 aromatic heterocycles. The fourth-order valence-electron chi connectivity index (χ4n) is 3.13. The molecule has 1 aliphatic rings. The number of benzene rings is 1. The zero-order chi connectivity index (χ0) is 15.4. The van der Waals surface area contributed by atoms with Crippen molar-refractivity contribution in [2.45, 2.75) is 39.8 Å². The highest BCUT2D eigenvalue weighted by atomic mass is 35.5. The lowest BCUT2D eigenvalue weighted by molar-refractivity contribution is -0.127. The van der Waals surface area contributed by atoms with E-state index in [1.165, 1.54) is 6.42 Å². The fourth-order valence-corrected chi connectivity index (χ4v) is 3.26. The Hall–Kier alpha value is -1.06. The third kappa shape index (κ3) is 4.72. The van der Waals surface area contributed by atoms with Gasteiger partial charge in [-0.2, -0.15) is 0 Å². The number of piperidine rings is 1. The van der Waals surface area contributed by atoms with Crippen molar-refractivity contribution in [3.8, 4) is 0 Å². The molecule has 0 radical (unpaired) electrons. The Balaban J connectivity index is 1.86. The van der Waals surface area contributed by atoms with E-state index >= 15 is 0 Å².